The van der Waals surface area contributed by atoms with Crippen LogP contribution in [0.25, 0.3) is 11.0 Å². The minimum Gasteiger partial charge on any atom is -0.316 e. The summed E-state index contributed by atoms with van der Waals surface area (Å²) in [4.78, 5) is 26.0. The lowest BCUT2D eigenvalue weighted by Crippen LogP contribution is -2.28. The van der Waals surface area contributed by atoms with Crippen molar-refractivity contribution in [2.45, 2.75) is 17.4 Å². The minimum absolute atomic E-state index is 0.286. The molecule has 0 radical (unpaired) electrons. The molecule has 2 aromatic rings. The molecule has 0 spiro atoms. The van der Waals surface area contributed by atoms with Gasteiger partial charge in [0.15, 0.2) is 0 Å². The summed E-state index contributed by atoms with van der Waals surface area (Å²) in [6, 6.07) is 4.31. The molecule has 2 rings (SSSR count). The molecule has 0 saturated heterocycles. The summed E-state index contributed by atoms with van der Waals surface area (Å²) in [5.74, 6) is 0. The number of alkyl halides is 4. The first kappa shape index (κ1) is 13.9. The normalized spacial score (nSPS) is 13.7. The molecule has 1 aromatic carbocycles. The lowest BCUT2D eigenvalue weighted by Gasteiger charge is -2.13. The number of hydrogen-bond donors (Lipinski definition) is 2. The average Bonchev–Trinajstić information content (AvgIpc) is 2.27. The van der Waals surface area contributed by atoms with Crippen molar-refractivity contribution in [2.24, 2.45) is 0 Å². The zero-order chi connectivity index (χ0) is 14.2. The smallest absolute Gasteiger partial charge is 0.316 e. The zero-order valence-corrected chi connectivity index (χ0v) is 10.9. The van der Waals surface area contributed by atoms with E-state index in [2.05, 4.69) is 25.9 Å². The Labute approximate surface area is 112 Å². The number of benzene rings is 1. The third-order valence-corrected chi connectivity index (χ3v) is 3.37. The van der Waals surface area contributed by atoms with Crippen molar-refractivity contribution in [3.63, 3.8) is 0 Å². The van der Waals surface area contributed by atoms with Crippen molar-refractivity contribution in [1.29, 1.82) is 0 Å². The molecule has 0 saturated carbocycles. The van der Waals surface area contributed by atoms with Crippen molar-refractivity contribution < 1.29 is 13.2 Å². The fraction of sp³-hybridized carbons (Fsp3) is 0.273. The van der Waals surface area contributed by atoms with Gasteiger partial charge in [0, 0.05) is 4.83 Å². The second-order valence-corrected chi connectivity index (χ2v) is 5.11. The molecule has 4 nitrogen and oxygen atoms in total. The second kappa shape index (κ2) is 4.84. The number of halogens is 4. The van der Waals surface area contributed by atoms with Crippen molar-refractivity contribution in [3.05, 3.63) is 44.5 Å². The van der Waals surface area contributed by atoms with E-state index in [0.717, 1.165) is 0 Å². The fourth-order valence-corrected chi connectivity index (χ4v) is 2.30. The van der Waals surface area contributed by atoms with Crippen molar-refractivity contribution >= 4 is 27.0 Å². The number of nitrogens with one attached hydrogen (secondary N) is 2. The Morgan fingerprint density at radius 2 is 1.68 bits per heavy atom. The van der Waals surface area contributed by atoms with E-state index in [1.54, 1.807) is 0 Å². The molecule has 102 valence electrons. The molecule has 0 aliphatic heterocycles. The van der Waals surface area contributed by atoms with Gasteiger partial charge in [0.25, 0.3) is 0 Å². The molecule has 0 fully saturated rings. The van der Waals surface area contributed by atoms with E-state index in [1.807, 2.05) is 0 Å². The first-order valence-electron chi connectivity index (χ1n) is 5.23. The minimum atomic E-state index is -4.29. The van der Waals surface area contributed by atoms with E-state index in [9.17, 15) is 22.8 Å². The average molecular weight is 337 g/mol. The third-order valence-electron chi connectivity index (χ3n) is 2.52. The highest BCUT2D eigenvalue weighted by Gasteiger charge is 2.31. The van der Waals surface area contributed by atoms with E-state index < -0.39 is 28.5 Å². The number of aromatic amines is 2. The summed E-state index contributed by atoms with van der Waals surface area (Å²) in [5.41, 5.74) is -0.626. The summed E-state index contributed by atoms with van der Waals surface area (Å²) in [6.45, 7) is 0. The monoisotopic (exact) mass is 336 g/mol. The van der Waals surface area contributed by atoms with Crippen molar-refractivity contribution in [1.82, 2.24) is 9.97 Å². The maximum Gasteiger partial charge on any atom is 0.390 e. The molecule has 1 atom stereocenters. The molecule has 19 heavy (non-hydrogen) atoms. The second-order valence-electron chi connectivity index (χ2n) is 4.00. The quantitative estimate of drug-likeness (QED) is 0.654. The molecular weight excluding hydrogens is 329 g/mol. The van der Waals surface area contributed by atoms with Gasteiger partial charge >= 0.3 is 17.3 Å². The summed E-state index contributed by atoms with van der Waals surface area (Å²) >= 11 is 2.96. The molecule has 1 heterocycles. The van der Waals surface area contributed by atoms with Crippen LogP contribution in [0.3, 0.4) is 0 Å². The molecule has 0 aliphatic rings. The summed E-state index contributed by atoms with van der Waals surface area (Å²) in [7, 11) is 0. The number of H-pyrrole nitrogens is 2. The van der Waals surface area contributed by atoms with Gasteiger partial charge in [-0.1, -0.05) is 22.0 Å². The highest BCUT2D eigenvalue weighted by Crippen LogP contribution is 2.35. The van der Waals surface area contributed by atoms with Gasteiger partial charge in [-0.2, -0.15) is 13.2 Å². The molecule has 0 bridgehead atoms. The van der Waals surface area contributed by atoms with Gasteiger partial charge in [0.1, 0.15) is 0 Å². The molecular formula is C11H8BrF3N2O2. The first-order chi connectivity index (χ1) is 8.76. The van der Waals surface area contributed by atoms with Gasteiger partial charge in [-0.05, 0) is 17.7 Å². The van der Waals surface area contributed by atoms with Crippen LogP contribution in [0, 0.1) is 0 Å². The summed E-state index contributed by atoms with van der Waals surface area (Å²) in [6.07, 6.45) is -5.31. The number of rotatable bonds is 2. The standard InChI is InChI=1S/C11H8BrF3N2O2/c12-6(4-11(13,14)15)5-1-2-7-8(3-5)17-10(19)9(18)16-7/h1-3,6H,4H2,(H,16,18)(H,17,19). The van der Waals surface area contributed by atoms with Crippen LogP contribution in [0.2, 0.25) is 0 Å². The molecule has 0 amide bonds. The Morgan fingerprint density at radius 1 is 1.11 bits per heavy atom. The van der Waals surface area contributed by atoms with Crippen LogP contribution in [0.1, 0.15) is 16.8 Å². The van der Waals surface area contributed by atoms with Crippen LogP contribution in [0.4, 0.5) is 13.2 Å². The van der Waals surface area contributed by atoms with Crippen LogP contribution in [0.5, 0.6) is 0 Å². The third kappa shape index (κ3) is 3.25. The topological polar surface area (TPSA) is 65.7 Å². The maximum atomic E-state index is 12.3. The van der Waals surface area contributed by atoms with Crippen molar-refractivity contribution in [3.8, 4) is 0 Å². The van der Waals surface area contributed by atoms with Crippen LogP contribution >= 0.6 is 15.9 Å². The molecule has 2 N–H and O–H groups in total. The molecule has 1 aromatic heterocycles. The predicted octanol–water partition coefficient (Wildman–Crippen LogP) is 2.60. The Balaban J connectivity index is 2.44. The Morgan fingerprint density at radius 3 is 2.26 bits per heavy atom. The fourth-order valence-electron chi connectivity index (χ4n) is 1.65. The van der Waals surface area contributed by atoms with Crippen molar-refractivity contribution in [2.75, 3.05) is 0 Å². The van der Waals surface area contributed by atoms with Gasteiger partial charge in [-0.25, -0.2) is 0 Å². The van der Waals surface area contributed by atoms with E-state index in [1.165, 1.54) is 18.2 Å². The van der Waals surface area contributed by atoms with E-state index >= 15 is 0 Å². The Hall–Kier alpha value is -1.57. The van der Waals surface area contributed by atoms with E-state index in [4.69, 9.17) is 0 Å². The number of hydrogen-bond acceptors (Lipinski definition) is 2. The maximum absolute atomic E-state index is 12.3. The first-order valence-corrected chi connectivity index (χ1v) is 6.15. The van der Waals surface area contributed by atoms with E-state index in [-0.39, 0.29) is 5.52 Å². The summed E-state index contributed by atoms with van der Waals surface area (Å²) < 4.78 is 36.9. The highest BCUT2D eigenvalue weighted by atomic mass is 79.9. The predicted molar refractivity (Wildman–Crippen MR) is 67.5 cm³/mol. The number of aromatic nitrogens is 2. The highest BCUT2D eigenvalue weighted by molar-refractivity contribution is 9.09. The van der Waals surface area contributed by atoms with Gasteiger partial charge in [-0.3, -0.25) is 9.59 Å². The lowest BCUT2D eigenvalue weighted by atomic mass is 10.1. The van der Waals surface area contributed by atoms with Crippen LogP contribution in [-0.4, -0.2) is 16.1 Å². The van der Waals surface area contributed by atoms with Gasteiger partial charge in [0.2, 0.25) is 0 Å². The molecule has 8 heteroatoms. The van der Waals surface area contributed by atoms with Crippen LogP contribution in [-0.2, 0) is 0 Å². The van der Waals surface area contributed by atoms with Gasteiger partial charge in [0.05, 0.1) is 17.5 Å². The van der Waals surface area contributed by atoms with Gasteiger partial charge in [-0.15, -0.1) is 0 Å². The summed E-state index contributed by atoms with van der Waals surface area (Å²) in [5, 5.41) is 0. The largest absolute Gasteiger partial charge is 0.390 e. The van der Waals surface area contributed by atoms with Gasteiger partial charge < -0.3 is 9.97 Å². The van der Waals surface area contributed by atoms with Crippen LogP contribution < -0.4 is 11.1 Å². The zero-order valence-electron chi connectivity index (χ0n) is 9.34. The van der Waals surface area contributed by atoms with E-state index in [0.29, 0.717) is 11.1 Å². The SMILES string of the molecule is O=c1[nH]c2ccc(C(Br)CC(F)(F)F)cc2[nH]c1=O. The molecule has 0 aliphatic carbocycles. The lowest BCUT2D eigenvalue weighted by molar-refractivity contribution is -0.134. The number of fused-ring (bicyclic) bond motifs is 1. The molecule has 1 unspecified atom stereocenters. The Bertz CT molecular complexity index is 720. The Kier molecular flexibility index (Phi) is 3.53. The van der Waals surface area contributed by atoms with Crippen LogP contribution in [0.15, 0.2) is 27.8 Å².